The Morgan fingerprint density at radius 1 is 0.935 bits per heavy atom. The van der Waals surface area contributed by atoms with Gasteiger partial charge in [0.05, 0.1) is 5.56 Å². The minimum Gasteiger partial charge on any atom is -0.368 e. The zero-order valence-electron chi connectivity index (χ0n) is 16.8. The van der Waals surface area contributed by atoms with Gasteiger partial charge in [0.2, 0.25) is 5.91 Å². The van der Waals surface area contributed by atoms with Crippen LogP contribution in [0.4, 0.5) is 13.2 Å². The van der Waals surface area contributed by atoms with Gasteiger partial charge in [-0.1, -0.05) is 24.3 Å². The average molecular weight is 428 g/mol. The third-order valence-electron chi connectivity index (χ3n) is 4.99. The molecule has 31 heavy (non-hydrogen) atoms. The number of carbonyl (C=O) groups is 1. The molecule has 1 atom stereocenters. The molecule has 1 unspecified atom stereocenters. The molecule has 0 aliphatic heterocycles. The Bertz CT molecular complexity index is 937. The molecule has 0 saturated carbocycles. The maximum Gasteiger partial charge on any atom is 0.416 e. The maximum absolute atomic E-state index is 13.2. The Balaban J connectivity index is 1.88. The molecule has 2 N–H and O–H groups in total. The van der Waals surface area contributed by atoms with E-state index >= 15 is 0 Å². The van der Waals surface area contributed by atoms with E-state index in [-0.39, 0.29) is 5.56 Å². The number of halogens is 3. The summed E-state index contributed by atoms with van der Waals surface area (Å²) in [7, 11) is 0. The summed E-state index contributed by atoms with van der Waals surface area (Å²) in [5.74, 6) is -0.698. The molecule has 0 bridgehead atoms. The van der Waals surface area contributed by atoms with Crippen molar-refractivity contribution in [2.75, 3.05) is 13.1 Å². The molecule has 5 nitrogen and oxygen atoms in total. The van der Waals surface area contributed by atoms with Crippen molar-refractivity contribution in [2.24, 2.45) is 5.73 Å². The fraction of sp³-hybridized carbons (Fsp3) is 0.261. The molecule has 162 valence electrons. The molecule has 2 aromatic heterocycles. The molecule has 0 radical (unpaired) electrons. The number of benzene rings is 1. The number of hydrogen-bond acceptors (Lipinski definition) is 4. The molecule has 3 aromatic rings. The summed E-state index contributed by atoms with van der Waals surface area (Å²) in [4.78, 5) is 22.4. The summed E-state index contributed by atoms with van der Waals surface area (Å²) in [6, 6.07) is 11.2. The molecule has 1 aromatic carbocycles. The Hall–Kier alpha value is -3.26. The van der Waals surface area contributed by atoms with E-state index in [9.17, 15) is 18.0 Å². The number of aromatic nitrogens is 2. The molecular weight excluding hydrogens is 405 g/mol. The zero-order chi connectivity index (χ0) is 22.3. The first-order valence-corrected chi connectivity index (χ1v) is 9.83. The first-order chi connectivity index (χ1) is 14.8. The van der Waals surface area contributed by atoms with Crippen molar-refractivity contribution < 1.29 is 18.0 Å². The Morgan fingerprint density at radius 3 is 1.97 bits per heavy atom. The van der Waals surface area contributed by atoms with Crippen molar-refractivity contribution >= 4 is 5.91 Å². The lowest BCUT2D eigenvalue weighted by atomic mass is 10.00. The fourth-order valence-electron chi connectivity index (χ4n) is 3.45. The van der Waals surface area contributed by atoms with E-state index in [1.54, 1.807) is 24.8 Å². The number of nitrogens with two attached hydrogens (primary N) is 1. The topological polar surface area (TPSA) is 72.1 Å². The van der Waals surface area contributed by atoms with Crippen LogP contribution in [0.1, 0.15) is 28.3 Å². The smallest absolute Gasteiger partial charge is 0.368 e. The Morgan fingerprint density at radius 2 is 1.52 bits per heavy atom. The minimum atomic E-state index is -4.51. The molecule has 2 heterocycles. The van der Waals surface area contributed by atoms with Crippen LogP contribution in [0.3, 0.4) is 0 Å². The van der Waals surface area contributed by atoms with E-state index in [0.29, 0.717) is 25.9 Å². The highest BCUT2D eigenvalue weighted by molar-refractivity contribution is 5.81. The maximum atomic E-state index is 13.2. The van der Waals surface area contributed by atoms with E-state index < -0.39 is 23.7 Å². The number of hydrogen-bond donors (Lipinski definition) is 1. The summed E-state index contributed by atoms with van der Waals surface area (Å²) in [5.41, 5.74) is 7.01. The van der Waals surface area contributed by atoms with Crippen LogP contribution in [-0.4, -0.2) is 33.9 Å². The van der Waals surface area contributed by atoms with Gasteiger partial charge in [-0.15, -0.1) is 0 Å². The van der Waals surface area contributed by atoms with Crippen molar-refractivity contribution in [1.29, 1.82) is 0 Å². The molecule has 0 saturated heterocycles. The van der Waals surface area contributed by atoms with Crippen molar-refractivity contribution in [1.82, 2.24) is 14.9 Å². The summed E-state index contributed by atoms with van der Waals surface area (Å²) in [6.45, 7) is 0.853. The van der Waals surface area contributed by atoms with Crippen LogP contribution in [0, 0.1) is 0 Å². The third kappa shape index (κ3) is 6.36. The van der Waals surface area contributed by atoms with Gasteiger partial charge in [-0.3, -0.25) is 19.7 Å². The first kappa shape index (κ1) is 22.4. The minimum absolute atomic E-state index is 0.222. The first-order valence-electron chi connectivity index (χ1n) is 9.83. The van der Waals surface area contributed by atoms with Gasteiger partial charge in [0.25, 0.3) is 0 Å². The highest BCUT2D eigenvalue weighted by atomic mass is 19.4. The normalized spacial score (nSPS) is 12.6. The van der Waals surface area contributed by atoms with Crippen molar-refractivity contribution in [3.05, 3.63) is 95.6 Å². The second-order valence-electron chi connectivity index (χ2n) is 7.19. The number of rotatable bonds is 9. The van der Waals surface area contributed by atoms with Gasteiger partial charge in [0, 0.05) is 37.9 Å². The van der Waals surface area contributed by atoms with Gasteiger partial charge in [0.1, 0.15) is 6.04 Å². The Labute approximate surface area is 178 Å². The summed E-state index contributed by atoms with van der Waals surface area (Å²) in [5, 5.41) is 0. The number of alkyl halides is 3. The predicted molar refractivity (Wildman–Crippen MR) is 111 cm³/mol. The van der Waals surface area contributed by atoms with Crippen LogP contribution in [-0.2, 0) is 23.8 Å². The molecular formula is C23H23F3N4O. The van der Waals surface area contributed by atoms with E-state index in [2.05, 4.69) is 9.97 Å². The van der Waals surface area contributed by atoms with Crippen LogP contribution < -0.4 is 5.73 Å². The number of primary amides is 1. The molecule has 0 aliphatic rings. The van der Waals surface area contributed by atoms with E-state index in [4.69, 9.17) is 5.73 Å². The van der Waals surface area contributed by atoms with Crippen LogP contribution in [0.2, 0.25) is 0 Å². The van der Waals surface area contributed by atoms with Crippen LogP contribution in [0.5, 0.6) is 0 Å². The molecule has 0 aliphatic carbocycles. The van der Waals surface area contributed by atoms with Gasteiger partial charge in [0.15, 0.2) is 0 Å². The molecule has 0 fully saturated rings. The highest BCUT2D eigenvalue weighted by Crippen LogP contribution is 2.32. The van der Waals surface area contributed by atoms with E-state index in [1.165, 1.54) is 12.1 Å². The number of nitrogens with zero attached hydrogens (tertiary/aromatic N) is 3. The zero-order valence-corrected chi connectivity index (χ0v) is 16.8. The second kappa shape index (κ2) is 10.2. The van der Waals surface area contributed by atoms with E-state index in [1.807, 2.05) is 29.2 Å². The van der Waals surface area contributed by atoms with Gasteiger partial charge < -0.3 is 5.73 Å². The van der Waals surface area contributed by atoms with Crippen LogP contribution >= 0.6 is 0 Å². The molecule has 1 amide bonds. The summed E-state index contributed by atoms with van der Waals surface area (Å²) < 4.78 is 39.7. The number of amides is 1. The SMILES string of the molecule is NC(=O)C(c1cccc(C(F)(F)F)c1)N(CCc1cccnc1)CCc1cccnc1. The van der Waals surface area contributed by atoms with Gasteiger partial charge >= 0.3 is 6.18 Å². The fourth-order valence-corrected chi connectivity index (χ4v) is 3.45. The van der Waals surface area contributed by atoms with Crippen LogP contribution in [0.25, 0.3) is 0 Å². The second-order valence-corrected chi connectivity index (χ2v) is 7.19. The van der Waals surface area contributed by atoms with Crippen molar-refractivity contribution in [3.63, 3.8) is 0 Å². The third-order valence-corrected chi connectivity index (χ3v) is 4.99. The standard InChI is InChI=1S/C23H23F3N4O/c24-23(25,26)20-7-1-6-19(14-20)21(22(27)31)30(12-8-17-4-2-10-28-15-17)13-9-18-5-3-11-29-16-18/h1-7,10-11,14-16,21H,8-9,12-13H2,(H2,27,31). The lowest BCUT2D eigenvalue weighted by molar-refractivity contribution is -0.137. The van der Waals surface area contributed by atoms with Crippen LogP contribution in [0.15, 0.2) is 73.3 Å². The van der Waals surface area contributed by atoms with Crippen molar-refractivity contribution in [2.45, 2.75) is 25.1 Å². The number of pyridine rings is 2. The molecule has 8 heteroatoms. The summed E-state index contributed by atoms with van der Waals surface area (Å²) in [6.07, 6.45) is 3.42. The highest BCUT2D eigenvalue weighted by Gasteiger charge is 2.33. The van der Waals surface area contributed by atoms with Crippen molar-refractivity contribution in [3.8, 4) is 0 Å². The monoisotopic (exact) mass is 428 g/mol. The lowest BCUT2D eigenvalue weighted by Gasteiger charge is -2.30. The number of carbonyl (C=O) groups excluding carboxylic acids is 1. The average Bonchev–Trinajstić information content (AvgIpc) is 2.76. The largest absolute Gasteiger partial charge is 0.416 e. The molecule has 3 rings (SSSR count). The summed E-state index contributed by atoms with van der Waals surface area (Å²) >= 11 is 0. The van der Waals surface area contributed by atoms with Gasteiger partial charge in [-0.25, -0.2) is 0 Å². The predicted octanol–water partition coefficient (Wildman–Crippen LogP) is 3.81. The Kier molecular flexibility index (Phi) is 7.36. The molecule has 0 spiro atoms. The van der Waals surface area contributed by atoms with E-state index in [0.717, 1.165) is 23.3 Å². The van der Waals surface area contributed by atoms with Gasteiger partial charge in [-0.2, -0.15) is 13.2 Å². The quantitative estimate of drug-likeness (QED) is 0.563. The van der Waals surface area contributed by atoms with Gasteiger partial charge in [-0.05, 0) is 53.8 Å². The lowest BCUT2D eigenvalue weighted by Crippen LogP contribution is -2.40.